The molecule has 0 aliphatic heterocycles. The fourth-order valence-electron chi connectivity index (χ4n) is 3.60. The lowest BCUT2D eigenvalue weighted by molar-refractivity contribution is -0.123. The molecule has 3 aromatic carbocycles. The third-order valence-corrected chi connectivity index (χ3v) is 5.52. The summed E-state index contributed by atoms with van der Waals surface area (Å²) in [6.07, 6.45) is 0. The van der Waals surface area contributed by atoms with E-state index in [1.807, 2.05) is 62.4 Å². The maximum atomic E-state index is 13.4. The molecule has 0 unspecified atom stereocenters. The third kappa shape index (κ3) is 6.34. The molecule has 0 heterocycles. The van der Waals surface area contributed by atoms with Crippen molar-refractivity contribution in [2.75, 3.05) is 31.3 Å². The van der Waals surface area contributed by atoms with E-state index >= 15 is 0 Å². The molecule has 0 aliphatic rings. The van der Waals surface area contributed by atoms with Gasteiger partial charge in [0.15, 0.2) is 0 Å². The maximum absolute atomic E-state index is 13.4. The number of carbonyl (C=O) groups excluding carboxylic acids is 2. The monoisotopic (exact) mass is 465 g/mol. The predicted molar refractivity (Wildman–Crippen MR) is 133 cm³/mol. The van der Waals surface area contributed by atoms with Gasteiger partial charge in [0, 0.05) is 10.7 Å². The van der Waals surface area contributed by atoms with E-state index in [0.29, 0.717) is 16.5 Å². The van der Waals surface area contributed by atoms with E-state index < -0.39 is 6.04 Å². The van der Waals surface area contributed by atoms with Gasteiger partial charge in [-0.15, -0.1) is 0 Å². The lowest BCUT2D eigenvalue weighted by Crippen LogP contribution is -2.39. The van der Waals surface area contributed by atoms with Crippen LogP contribution in [-0.4, -0.2) is 37.4 Å². The molecule has 0 aliphatic carbocycles. The minimum absolute atomic E-state index is 0.0184. The third-order valence-electron chi connectivity index (χ3n) is 5.28. The summed E-state index contributed by atoms with van der Waals surface area (Å²) in [7, 11) is 3.27. The van der Waals surface area contributed by atoms with Gasteiger partial charge in [0.2, 0.25) is 11.8 Å². The number of benzene rings is 3. The molecular weight excluding hydrogens is 438 g/mol. The van der Waals surface area contributed by atoms with E-state index in [1.54, 1.807) is 30.1 Å². The number of carbonyl (C=O) groups is 2. The summed E-state index contributed by atoms with van der Waals surface area (Å²) in [5, 5.41) is 6.33. The van der Waals surface area contributed by atoms with Crippen LogP contribution in [0.2, 0.25) is 5.02 Å². The number of aryl methyl sites for hydroxylation is 2. The summed E-state index contributed by atoms with van der Waals surface area (Å²) in [6, 6.07) is 19.6. The van der Waals surface area contributed by atoms with Crippen LogP contribution in [0.1, 0.15) is 22.7 Å². The Morgan fingerprint density at radius 1 is 0.970 bits per heavy atom. The second-order valence-electron chi connectivity index (χ2n) is 7.93. The number of hydrogen-bond donors (Lipinski definition) is 2. The average Bonchev–Trinajstić information content (AvgIpc) is 2.77. The smallest absolute Gasteiger partial charge is 0.246 e. The number of amides is 2. The van der Waals surface area contributed by atoms with Crippen LogP contribution in [0.15, 0.2) is 66.7 Å². The highest BCUT2D eigenvalue weighted by Crippen LogP contribution is 2.28. The molecule has 1 atom stereocenters. The number of methoxy groups -OCH3 is 1. The Morgan fingerprint density at radius 2 is 1.70 bits per heavy atom. The summed E-state index contributed by atoms with van der Waals surface area (Å²) >= 11 is 6.07. The number of ether oxygens (including phenoxy) is 1. The van der Waals surface area contributed by atoms with Gasteiger partial charge in [-0.05, 0) is 61.9 Å². The number of hydrogen-bond acceptors (Lipinski definition) is 4. The van der Waals surface area contributed by atoms with Crippen molar-refractivity contribution in [2.45, 2.75) is 19.9 Å². The molecule has 2 N–H and O–H groups in total. The van der Waals surface area contributed by atoms with Gasteiger partial charge in [0.25, 0.3) is 0 Å². The molecule has 33 heavy (non-hydrogen) atoms. The van der Waals surface area contributed by atoms with Gasteiger partial charge in [-0.2, -0.15) is 0 Å². The van der Waals surface area contributed by atoms with Crippen molar-refractivity contribution in [3.8, 4) is 5.75 Å². The van der Waals surface area contributed by atoms with Crippen LogP contribution < -0.4 is 15.4 Å². The van der Waals surface area contributed by atoms with Crippen molar-refractivity contribution in [2.24, 2.45) is 0 Å². The zero-order chi connectivity index (χ0) is 24.0. The number of nitrogens with zero attached hydrogens (tertiary/aromatic N) is 1. The van der Waals surface area contributed by atoms with Crippen molar-refractivity contribution in [1.82, 2.24) is 4.90 Å². The van der Waals surface area contributed by atoms with Crippen LogP contribution in [0, 0.1) is 13.8 Å². The quantitative estimate of drug-likeness (QED) is 0.478. The highest BCUT2D eigenvalue weighted by Gasteiger charge is 2.27. The number of rotatable bonds is 8. The molecule has 6 nitrogen and oxygen atoms in total. The maximum Gasteiger partial charge on any atom is 0.246 e. The van der Waals surface area contributed by atoms with Crippen LogP contribution in [0.3, 0.4) is 0 Å². The largest absolute Gasteiger partial charge is 0.495 e. The summed E-state index contributed by atoms with van der Waals surface area (Å²) in [5.41, 5.74) is 4.03. The summed E-state index contributed by atoms with van der Waals surface area (Å²) < 4.78 is 5.30. The van der Waals surface area contributed by atoms with Gasteiger partial charge in [-0.3, -0.25) is 14.5 Å². The van der Waals surface area contributed by atoms with E-state index in [0.717, 1.165) is 22.4 Å². The second-order valence-corrected chi connectivity index (χ2v) is 8.37. The summed E-state index contributed by atoms with van der Waals surface area (Å²) in [6.45, 7) is 3.90. The molecule has 0 aromatic heterocycles. The molecule has 2 amide bonds. The first kappa shape index (κ1) is 24.3. The Labute approximate surface area is 199 Å². The van der Waals surface area contributed by atoms with E-state index in [2.05, 4.69) is 10.6 Å². The lowest BCUT2D eigenvalue weighted by Gasteiger charge is -2.27. The molecule has 3 rings (SSSR count). The van der Waals surface area contributed by atoms with Gasteiger partial charge in [-0.1, -0.05) is 54.1 Å². The summed E-state index contributed by atoms with van der Waals surface area (Å²) in [4.78, 5) is 27.9. The Hall–Kier alpha value is -3.35. The molecule has 172 valence electrons. The lowest BCUT2D eigenvalue weighted by atomic mass is 10.0. The Kier molecular flexibility index (Phi) is 8.09. The van der Waals surface area contributed by atoms with Crippen LogP contribution in [0.5, 0.6) is 5.75 Å². The minimum atomic E-state index is -0.668. The van der Waals surface area contributed by atoms with Gasteiger partial charge in [0.05, 0.1) is 19.3 Å². The molecule has 7 heteroatoms. The Morgan fingerprint density at radius 3 is 2.39 bits per heavy atom. The Bertz CT molecular complexity index is 1130. The van der Waals surface area contributed by atoms with Gasteiger partial charge >= 0.3 is 0 Å². The van der Waals surface area contributed by atoms with Crippen LogP contribution in [-0.2, 0) is 9.59 Å². The number of halogens is 1. The minimum Gasteiger partial charge on any atom is -0.495 e. The predicted octanol–water partition coefficient (Wildman–Crippen LogP) is 5.22. The molecular formula is C26H28ClN3O3. The highest BCUT2D eigenvalue weighted by molar-refractivity contribution is 6.31. The second kappa shape index (κ2) is 11.0. The van der Waals surface area contributed by atoms with Crippen molar-refractivity contribution < 1.29 is 14.3 Å². The molecule has 0 radical (unpaired) electrons. The van der Waals surface area contributed by atoms with Crippen LogP contribution >= 0.6 is 11.6 Å². The molecule has 0 fully saturated rings. The number of nitrogens with one attached hydrogen (secondary N) is 2. The normalized spacial score (nSPS) is 11.7. The van der Waals surface area contributed by atoms with Crippen molar-refractivity contribution in [3.63, 3.8) is 0 Å². The first-order valence-corrected chi connectivity index (χ1v) is 10.9. The topological polar surface area (TPSA) is 70.7 Å². The molecule has 3 aromatic rings. The molecule has 0 saturated carbocycles. The average molecular weight is 466 g/mol. The molecule has 0 spiro atoms. The fourth-order valence-corrected chi connectivity index (χ4v) is 3.77. The van der Waals surface area contributed by atoms with Gasteiger partial charge < -0.3 is 15.4 Å². The standard InChI is InChI=1S/C26H28ClN3O3/c1-17-10-11-18(2)21(14-17)29-26(32)25(19-8-6-5-7-9-19)30(3)16-24(31)28-22-15-20(27)12-13-23(22)33-4/h5-15,25H,16H2,1-4H3,(H,28,31)(H,29,32)/t25-/m0/s1. The van der Waals surface area contributed by atoms with Crippen LogP contribution in [0.25, 0.3) is 0 Å². The van der Waals surface area contributed by atoms with Gasteiger partial charge in [-0.25, -0.2) is 0 Å². The first-order chi connectivity index (χ1) is 15.8. The molecule has 0 saturated heterocycles. The van der Waals surface area contributed by atoms with E-state index in [1.165, 1.54) is 7.11 Å². The van der Waals surface area contributed by atoms with Crippen LogP contribution in [0.4, 0.5) is 11.4 Å². The number of anilines is 2. The zero-order valence-electron chi connectivity index (χ0n) is 19.2. The SMILES string of the molecule is COc1ccc(Cl)cc1NC(=O)CN(C)[C@H](C(=O)Nc1cc(C)ccc1C)c1ccccc1. The fraction of sp³-hybridized carbons (Fsp3) is 0.231. The summed E-state index contributed by atoms with van der Waals surface area (Å²) in [5.74, 6) is -0.00764. The highest BCUT2D eigenvalue weighted by atomic mass is 35.5. The Balaban J connectivity index is 1.81. The molecule has 0 bridgehead atoms. The van der Waals surface area contributed by atoms with E-state index in [9.17, 15) is 9.59 Å². The van der Waals surface area contributed by atoms with E-state index in [-0.39, 0.29) is 18.4 Å². The van der Waals surface area contributed by atoms with Crippen molar-refractivity contribution in [3.05, 3.63) is 88.4 Å². The van der Waals surface area contributed by atoms with Crippen molar-refractivity contribution in [1.29, 1.82) is 0 Å². The van der Waals surface area contributed by atoms with Crippen molar-refractivity contribution >= 4 is 34.8 Å². The van der Waals surface area contributed by atoms with Gasteiger partial charge in [0.1, 0.15) is 11.8 Å². The van der Waals surface area contributed by atoms with E-state index in [4.69, 9.17) is 16.3 Å². The zero-order valence-corrected chi connectivity index (χ0v) is 19.9. The first-order valence-electron chi connectivity index (χ1n) is 10.5. The number of likely N-dealkylation sites (N-methyl/N-ethyl adjacent to an activating group) is 1.